The van der Waals surface area contributed by atoms with Crippen LogP contribution in [0.2, 0.25) is 0 Å². The van der Waals surface area contributed by atoms with Crippen molar-refractivity contribution in [2.24, 2.45) is 4.99 Å². The summed E-state index contributed by atoms with van der Waals surface area (Å²) in [6.45, 7) is 6.02. The fraction of sp³-hybridized carbons (Fsp3) is 0.350. The second-order valence-electron chi connectivity index (χ2n) is 5.99. The molecular formula is C20H25N3O2. The molecule has 5 heteroatoms. The average molecular weight is 339 g/mol. The molecule has 2 unspecified atom stereocenters. The number of aliphatic imine (C=N–C) groups is 1. The third kappa shape index (κ3) is 4.66. The number of nitrogens with one attached hydrogen (secondary N) is 2. The van der Waals surface area contributed by atoms with Crippen LogP contribution in [0.25, 0.3) is 0 Å². The van der Waals surface area contributed by atoms with E-state index in [0.29, 0.717) is 13.2 Å². The number of benzene rings is 2. The van der Waals surface area contributed by atoms with Crippen LogP contribution in [0.3, 0.4) is 0 Å². The predicted molar refractivity (Wildman–Crippen MR) is 100 cm³/mol. The van der Waals surface area contributed by atoms with Crippen LogP contribution >= 0.6 is 0 Å². The van der Waals surface area contributed by atoms with E-state index in [4.69, 9.17) is 9.47 Å². The lowest BCUT2D eigenvalue weighted by Crippen LogP contribution is -2.40. The molecule has 3 rings (SSSR count). The minimum absolute atomic E-state index is 0.0858. The van der Waals surface area contributed by atoms with E-state index in [-0.39, 0.29) is 12.1 Å². The molecule has 25 heavy (non-hydrogen) atoms. The van der Waals surface area contributed by atoms with E-state index in [1.807, 2.05) is 42.5 Å². The molecule has 0 amide bonds. The van der Waals surface area contributed by atoms with E-state index in [9.17, 15) is 0 Å². The lowest BCUT2D eigenvalue weighted by Gasteiger charge is -2.26. The molecular weight excluding hydrogens is 314 g/mol. The first kappa shape index (κ1) is 17.1. The highest BCUT2D eigenvalue weighted by molar-refractivity contribution is 5.80. The molecule has 132 valence electrons. The van der Waals surface area contributed by atoms with Crippen LogP contribution in [-0.4, -0.2) is 31.8 Å². The summed E-state index contributed by atoms with van der Waals surface area (Å²) in [6.07, 6.45) is -0.0858. The molecule has 0 bridgehead atoms. The normalized spacial score (nSPS) is 17.7. The average Bonchev–Trinajstić information content (AvgIpc) is 2.67. The summed E-state index contributed by atoms with van der Waals surface area (Å²) in [6, 6.07) is 18.2. The van der Waals surface area contributed by atoms with E-state index in [2.05, 4.69) is 41.6 Å². The molecule has 2 N–H and O–H groups in total. The molecule has 1 aliphatic heterocycles. The summed E-state index contributed by atoms with van der Waals surface area (Å²) in [5.74, 6) is 2.36. The molecule has 2 aromatic carbocycles. The first-order valence-corrected chi connectivity index (χ1v) is 8.74. The number of para-hydroxylation sites is 2. The summed E-state index contributed by atoms with van der Waals surface area (Å²) in [5, 5.41) is 6.72. The van der Waals surface area contributed by atoms with Crippen molar-refractivity contribution < 1.29 is 9.47 Å². The number of rotatable bonds is 5. The predicted octanol–water partition coefficient (Wildman–Crippen LogP) is 3.14. The van der Waals surface area contributed by atoms with E-state index in [1.54, 1.807) is 0 Å². The Morgan fingerprint density at radius 2 is 1.84 bits per heavy atom. The van der Waals surface area contributed by atoms with Gasteiger partial charge in [-0.1, -0.05) is 42.5 Å². The maximum atomic E-state index is 5.96. The Balaban J connectivity index is 1.61. The van der Waals surface area contributed by atoms with Crippen LogP contribution in [0, 0.1) is 0 Å². The lowest BCUT2D eigenvalue weighted by molar-refractivity contribution is 0.0971. The van der Waals surface area contributed by atoms with Crippen LogP contribution in [-0.2, 0) is 0 Å². The standard InChI is InChI=1S/C20H25N3O2/c1-3-21-20(23-15(2)16-9-5-4-6-10-16)22-13-17-14-24-18-11-7-8-12-19(18)25-17/h4-12,15,17H,3,13-14H2,1-2H3,(H2,21,22,23). The van der Waals surface area contributed by atoms with Gasteiger partial charge in [-0.2, -0.15) is 0 Å². The zero-order valence-corrected chi connectivity index (χ0v) is 14.7. The molecule has 0 saturated carbocycles. The topological polar surface area (TPSA) is 54.9 Å². The van der Waals surface area contributed by atoms with Crippen LogP contribution in [0.5, 0.6) is 11.5 Å². The number of hydrogen-bond donors (Lipinski definition) is 2. The molecule has 0 aliphatic carbocycles. The molecule has 1 aliphatic rings. The largest absolute Gasteiger partial charge is 0.486 e. The minimum Gasteiger partial charge on any atom is -0.486 e. The number of hydrogen-bond acceptors (Lipinski definition) is 3. The molecule has 2 aromatic rings. The van der Waals surface area contributed by atoms with Gasteiger partial charge in [-0.3, -0.25) is 0 Å². The Labute approximate surface area is 149 Å². The van der Waals surface area contributed by atoms with E-state index in [0.717, 1.165) is 24.0 Å². The molecule has 2 atom stereocenters. The molecule has 0 spiro atoms. The molecule has 0 fully saturated rings. The van der Waals surface area contributed by atoms with E-state index < -0.39 is 0 Å². The third-order valence-electron chi connectivity index (χ3n) is 4.02. The van der Waals surface area contributed by atoms with Crippen LogP contribution in [0.15, 0.2) is 59.6 Å². The maximum Gasteiger partial charge on any atom is 0.191 e. The number of ether oxygens (including phenoxy) is 2. The second kappa shape index (κ2) is 8.42. The van der Waals surface area contributed by atoms with Crippen LogP contribution in [0.1, 0.15) is 25.5 Å². The van der Waals surface area contributed by atoms with Crippen molar-refractivity contribution in [2.75, 3.05) is 19.7 Å². The highest BCUT2D eigenvalue weighted by Gasteiger charge is 2.20. The maximum absolute atomic E-state index is 5.96. The van der Waals surface area contributed by atoms with Gasteiger partial charge in [-0.15, -0.1) is 0 Å². The van der Waals surface area contributed by atoms with Crippen molar-refractivity contribution in [3.8, 4) is 11.5 Å². The Morgan fingerprint density at radius 1 is 1.12 bits per heavy atom. The first-order valence-electron chi connectivity index (χ1n) is 8.74. The molecule has 0 aromatic heterocycles. The van der Waals surface area contributed by atoms with Gasteiger partial charge in [0.15, 0.2) is 23.6 Å². The Bertz CT molecular complexity index is 703. The fourth-order valence-electron chi connectivity index (χ4n) is 2.70. The fourth-order valence-corrected chi connectivity index (χ4v) is 2.70. The Kier molecular flexibility index (Phi) is 5.77. The zero-order chi connectivity index (χ0) is 17.5. The SMILES string of the molecule is CCNC(=NCC1COc2ccccc2O1)NC(C)c1ccccc1. The number of fused-ring (bicyclic) bond motifs is 1. The second-order valence-corrected chi connectivity index (χ2v) is 5.99. The van der Waals surface area contributed by atoms with E-state index >= 15 is 0 Å². The third-order valence-corrected chi connectivity index (χ3v) is 4.02. The highest BCUT2D eigenvalue weighted by Crippen LogP contribution is 2.30. The van der Waals surface area contributed by atoms with Gasteiger partial charge in [0.25, 0.3) is 0 Å². The van der Waals surface area contributed by atoms with E-state index in [1.165, 1.54) is 5.56 Å². The number of guanidine groups is 1. The molecule has 0 radical (unpaired) electrons. The first-order chi connectivity index (χ1) is 12.3. The van der Waals surface area contributed by atoms with Crippen LogP contribution in [0.4, 0.5) is 0 Å². The number of nitrogens with zero attached hydrogens (tertiary/aromatic N) is 1. The highest BCUT2D eigenvalue weighted by atomic mass is 16.6. The van der Waals surface area contributed by atoms with Crippen molar-refractivity contribution >= 4 is 5.96 Å². The van der Waals surface area contributed by atoms with Gasteiger partial charge >= 0.3 is 0 Å². The zero-order valence-electron chi connectivity index (χ0n) is 14.7. The summed E-state index contributed by atoms with van der Waals surface area (Å²) in [7, 11) is 0. The van der Waals surface area contributed by atoms with Gasteiger partial charge in [0.1, 0.15) is 6.61 Å². The summed E-state index contributed by atoms with van der Waals surface area (Å²) >= 11 is 0. The van der Waals surface area contributed by atoms with Gasteiger partial charge in [0.05, 0.1) is 12.6 Å². The van der Waals surface area contributed by atoms with Gasteiger partial charge in [-0.05, 0) is 31.5 Å². The lowest BCUT2D eigenvalue weighted by atomic mass is 10.1. The molecule has 5 nitrogen and oxygen atoms in total. The molecule has 1 heterocycles. The van der Waals surface area contributed by atoms with Crippen molar-refractivity contribution in [3.05, 3.63) is 60.2 Å². The van der Waals surface area contributed by atoms with Crippen molar-refractivity contribution in [3.63, 3.8) is 0 Å². The summed E-state index contributed by atoms with van der Waals surface area (Å²) in [5.41, 5.74) is 1.22. The Morgan fingerprint density at radius 3 is 2.60 bits per heavy atom. The molecule has 0 saturated heterocycles. The smallest absolute Gasteiger partial charge is 0.191 e. The van der Waals surface area contributed by atoms with Gasteiger partial charge in [0, 0.05) is 6.54 Å². The van der Waals surface area contributed by atoms with Crippen molar-refractivity contribution in [2.45, 2.75) is 26.0 Å². The summed E-state index contributed by atoms with van der Waals surface area (Å²) in [4.78, 5) is 4.66. The van der Waals surface area contributed by atoms with Gasteiger partial charge in [0.2, 0.25) is 0 Å². The van der Waals surface area contributed by atoms with Crippen LogP contribution < -0.4 is 20.1 Å². The quantitative estimate of drug-likeness (QED) is 0.649. The monoisotopic (exact) mass is 339 g/mol. The summed E-state index contributed by atoms with van der Waals surface area (Å²) < 4.78 is 11.7. The Hall–Kier alpha value is -2.69. The van der Waals surface area contributed by atoms with Crippen molar-refractivity contribution in [1.29, 1.82) is 0 Å². The minimum atomic E-state index is -0.0858. The van der Waals surface area contributed by atoms with Gasteiger partial charge < -0.3 is 20.1 Å². The van der Waals surface area contributed by atoms with Gasteiger partial charge in [-0.25, -0.2) is 4.99 Å². The van der Waals surface area contributed by atoms with Crippen molar-refractivity contribution in [1.82, 2.24) is 10.6 Å².